The van der Waals surface area contributed by atoms with Gasteiger partial charge in [-0.2, -0.15) is 0 Å². The Hall–Kier alpha value is -1.51. The fourth-order valence-corrected chi connectivity index (χ4v) is 0.866. The van der Waals surface area contributed by atoms with Gasteiger partial charge in [0.2, 0.25) is 0 Å². The largest absolute Gasteiger partial charge is 0.207 e. The molecular formula is C9H8FNO. The monoisotopic (exact) mass is 165 g/mol. The van der Waals surface area contributed by atoms with E-state index in [1.54, 1.807) is 19.1 Å². The molecule has 0 fully saturated rings. The summed E-state index contributed by atoms with van der Waals surface area (Å²) in [5.74, 6) is -0.286. The van der Waals surface area contributed by atoms with Crippen molar-refractivity contribution in [3.8, 4) is 0 Å². The van der Waals surface area contributed by atoms with Crippen molar-refractivity contribution in [2.75, 3.05) is 0 Å². The smallest absolute Gasteiger partial charge is 0.123 e. The number of benzene rings is 1. The highest BCUT2D eigenvalue weighted by atomic mass is 19.1. The summed E-state index contributed by atoms with van der Waals surface area (Å²) < 4.78 is 12.4. The third kappa shape index (κ3) is 1.99. The van der Waals surface area contributed by atoms with Crippen molar-refractivity contribution >= 4 is 5.57 Å². The van der Waals surface area contributed by atoms with E-state index >= 15 is 0 Å². The van der Waals surface area contributed by atoms with Crippen LogP contribution < -0.4 is 0 Å². The van der Waals surface area contributed by atoms with E-state index in [-0.39, 0.29) is 5.82 Å². The SMILES string of the molecule is CC(=CN=O)c1ccc(F)cc1. The van der Waals surface area contributed by atoms with Crippen molar-refractivity contribution in [1.29, 1.82) is 0 Å². The van der Waals surface area contributed by atoms with Crippen LogP contribution in [0.15, 0.2) is 35.6 Å². The van der Waals surface area contributed by atoms with Gasteiger partial charge in [0.05, 0.1) is 6.20 Å². The molecule has 0 atom stereocenters. The van der Waals surface area contributed by atoms with Gasteiger partial charge in [0.25, 0.3) is 0 Å². The molecule has 1 rings (SSSR count). The lowest BCUT2D eigenvalue weighted by Crippen LogP contribution is -1.79. The lowest BCUT2D eigenvalue weighted by Gasteiger charge is -1.97. The van der Waals surface area contributed by atoms with E-state index in [2.05, 4.69) is 5.18 Å². The molecule has 3 heteroatoms. The van der Waals surface area contributed by atoms with Crippen LogP contribution in [0.4, 0.5) is 4.39 Å². The first kappa shape index (κ1) is 8.59. The molecule has 0 bridgehead atoms. The molecule has 0 aromatic heterocycles. The fraction of sp³-hybridized carbons (Fsp3) is 0.111. The standard InChI is InChI=1S/C9H8FNO/c1-7(6-11-12)8-2-4-9(10)5-3-8/h2-6H,1H3. The zero-order valence-electron chi connectivity index (χ0n) is 6.62. The summed E-state index contributed by atoms with van der Waals surface area (Å²) in [6, 6.07) is 5.90. The second kappa shape index (κ2) is 3.76. The minimum Gasteiger partial charge on any atom is -0.207 e. The average Bonchev–Trinajstić information content (AvgIpc) is 2.06. The predicted octanol–water partition coefficient (Wildman–Crippen LogP) is 2.95. The van der Waals surface area contributed by atoms with Crippen LogP contribution in [-0.4, -0.2) is 0 Å². The van der Waals surface area contributed by atoms with E-state index in [1.165, 1.54) is 18.3 Å². The number of nitrogens with zero attached hydrogens (tertiary/aromatic N) is 1. The average molecular weight is 165 g/mol. The lowest BCUT2D eigenvalue weighted by molar-refractivity contribution is 0.627. The van der Waals surface area contributed by atoms with Gasteiger partial charge < -0.3 is 0 Å². The molecule has 1 aromatic rings. The highest BCUT2D eigenvalue weighted by Gasteiger charge is 1.94. The third-order valence-corrected chi connectivity index (χ3v) is 1.55. The van der Waals surface area contributed by atoms with Crippen molar-refractivity contribution in [3.63, 3.8) is 0 Å². The van der Waals surface area contributed by atoms with Crippen molar-refractivity contribution in [2.45, 2.75) is 6.92 Å². The van der Waals surface area contributed by atoms with Crippen LogP contribution in [0.1, 0.15) is 12.5 Å². The van der Waals surface area contributed by atoms with E-state index in [9.17, 15) is 9.30 Å². The fourth-order valence-electron chi connectivity index (χ4n) is 0.866. The number of allylic oxidation sites excluding steroid dienone is 1. The highest BCUT2D eigenvalue weighted by molar-refractivity contribution is 5.63. The third-order valence-electron chi connectivity index (χ3n) is 1.55. The van der Waals surface area contributed by atoms with Gasteiger partial charge in [-0.15, -0.1) is 4.91 Å². The van der Waals surface area contributed by atoms with E-state index in [0.29, 0.717) is 0 Å². The molecule has 0 N–H and O–H groups in total. The van der Waals surface area contributed by atoms with Crippen LogP contribution in [-0.2, 0) is 0 Å². The van der Waals surface area contributed by atoms with Crippen LogP contribution in [0.2, 0.25) is 0 Å². The number of hydrogen-bond donors (Lipinski definition) is 0. The molecule has 2 nitrogen and oxygen atoms in total. The minimum absolute atomic E-state index is 0.286. The van der Waals surface area contributed by atoms with Crippen LogP contribution in [0.5, 0.6) is 0 Å². The normalized spacial score (nSPS) is 11.3. The quantitative estimate of drug-likeness (QED) is 0.619. The van der Waals surface area contributed by atoms with Gasteiger partial charge in [0, 0.05) is 0 Å². The first-order valence-electron chi connectivity index (χ1n) is 3.49. The topological polar surface area (TPSA) is 29.4 Å². The summed E-state index contributed by atoms with van der Waals surface area (Å²) in [5.41, 5.74) is 1.53. The Bertz CT molecular complexity index is 303. The highest BCUT2D eigenvalue weighted by Crippen LogP contribution is 2.13. The number of nitroso groups, excluding NO2 is 1. The van der Waals surface area contributed by atoms with E-state index < -0.39 is 0 Å². The molecule has 0 heterocycles. The summed E-state index contributed by atoms with van der Waals surface area (Å²) in [4.78, 5) is 9.86. The molecule has 62 valence electrons. The molecule has 0 spiro atoms. The zero-order chi connectivity index (χ0) is 8.97. The summed E-state index contributed by atoms with van der Waals surface area (Å²) in [6.07, 6.45) is 1.20. The first-order chi connectivity index (χ1) is 5.74. The maximum Gasteiger partial charge on any atom is 0.123 e. The number of rotatable bonds is 2. The van der Waals surface area contributed by atoms with Gasteiger partial charge in [-0.3, -0.25) is 0 Å². The molecular weight excluding hydrogens is 157 g/mol. The molecule has 0 unspecified atom stereocenters. The molecule has 0 aliphatic carbocycles. The Morgan fingerprint density at radius 2 is 2.00 bits per heavy atom. The van der Waals surface area contributed by atoms with Gasteiger partial charge in [0.15, 0.2) is 0 Å². The maximum absolute atomic E-state index is 12.4. The predicted molar refractivity (Wildman–Crippen MR) is 45.8 cm³/mol. The zero-order valence-corrected chi connectivity index (χ0v) is 6.62. The van der Waals surface area contributed by atoms with Crippen LogP contribution in [0, 0.1) is 10.7 Å². The summed E-state index contributed by atoms with van der Waals surface area (Å²) in [5, 5.41) is 2.63. The van der Waals surface area contributed by atoms with Crippen molar-refractivity contribution < 1.29 is 4.39 Å². The summed E-state index contributed by atoms with van der Waals surface area (Å²) in [6.45, 7) is 1.74. The van der Waals surface area contributed by atoms with Gasteiger partial charge in [-0.25, -0.2) is 4.39 Å². The van der Waals surface area contributed by atoms with Crippen molar-refractivity contribution in [3.05, 3.63) is 46.8 Å². The Labute approximate surface area is 69.7 Å². The number of halogens is 1. The van der Waals surface area contributed by atoms with Crippen molar-refractivity contribution in [1.82, 2.24) is 0 Å². The van der Waals surface area contributed by atoms with Gasteiger partial charge >= 0.3 is 0 Å². The minimum atomic E-state index is -0.286. The lowest BCUT2D eigenvalue weighted by atomic mass is 10.1. The van der Waals surface area contributed by atoms with Crippen LogP contribution in [0.3, 0.4) is 0 Å². The van der Waals surface area contributed by atoms with Gasteiger partial charge in [-0.05, 0) is 35.4 Å². The Balaban J connectivity index is 2.97. The summed E-state index contributed by atoms with van der Waals surface area (Å²) >= 11 is 0. The second-order valence-electron chi connectivity index (χ2n) is 2.42. The van der Waals surface area contributed by atoms with Gasteiger partial charge in [0.1, 0.15) is 5.82 Å². The molecule has 0 aliphatic rings. The molecule has 0 saturated carbocycles. The van der Waals surface area contributed by atoms with Crippen LogP contribution in [0.25, 0.3) is 5.57 Å². The molecule has 0 saturated heterocycles. The maximum atomic E-state index is 12.4. The molecule has 0 aliphatic heterocycles. The Morgan fingerprint density at radius 1 is 1.42 bits per heavy atom. The molecule has 12 heavy (non-hydrogen) atoms. The molecule has 0 amide bonds. The molecule has 0 radical (unpaired) electrons. The van der Waals surface area contributed by atoms with Crippen LogP contribution >= 0.6 is 0 Å². The molecule has 1 aromatic carbocycles. The second-order valence-corrected chi connectivity index (χ2v) is 2.42. The van der Waals surface area contributed by atoms with Gasteiger partial charge in [-0.1, -0.05) is 12.1 Å². The number of hydrogen-bond acceptors (Lipinski definition) is 2. The van der Waals surface area contributed by atoms with E-state index in [1.807, 2.05) is 0 Å². The first-order valence-corrected chi connectivity index (χ1v) is 3.49. The summed E-state index contributed by atoms with van der Waals surface area (Å²) in [7, 11) is 0. The Kier molecular flexibility index (Phi) is 2.69. The Morgan fingerprint density at radius 3 is 2.50 bits per heavy atom. The van der Waals surface area contributed by atoms with E-state index in [0.717, 1.165) is 11.1 Å². The van der Waals surface area contributed by atoms with E-state index in [4.69, 9.17) is 0 Å². The van der Waals surface area contributed by atoms with Crippen molar-refractivity contribution in [2.24, 2.45) is 5.18 Å².